The number of aromatic nitrogens is 1. The first-order chi connectivity index (χ1) is 10.7. The highest BCUT2D eigenvalue weighted by molar-refractivity contribution is 5.85. The number of nitrogens with zero attached hydrogens (tertiary/aromatic N) is 2. The number of carbonyl (C=O) groups is 1. The number of hydrogen-bond acceptors (Lipinski definition) is 2. The van der Waals surface area contributed by atoms with Gasteiger partial charge in [-0.15, -0.1) is 0 Å². The van der Waals surface area contributed by atoms with Gasteiger partial charge in [-0.25, -0.2) is 4.79 Å². The van der Waals surface area contributed by atoms with Gasteiger partial charge in [0.15, 0.2) is 0 Å². The zero-order valence-corrected chi connectivity index (χ0v) is 13.1. The van der Waals surface area contributed by atoms with Gasteiger partial charge in [0.2, 0.25) is 0 Å². The van der Waals surface area contributed by atoms with Gasteiger partial charge in [-0.1, -0.05) is 37.5 Å². The molecule has 2 amide bonds. The van der Waals surface area contributed by atoms with Gasteiger partial charge >= 0.3 is 6.03 Å². The summed E-state index contributed by atoms with van der Waals surface area (Å²) in [6, 6.07) is 8.53. The van der Waals surface area contributed by atoms with Crippen LogP contribution in [-0.2, 0) is 6.54 Å². The summed E-state index contributed by atoms with van der Waals surface area (Å²) >= 11 is 0. The maximum atomic E-state index is 12.4. The summed E-state index contributed by atoms with van der Waals surface area (Å²) in [5, 5.41) is 5.44. The van der Waals surface area contributed by atoms with Crippen molar-refractivity contribution < 1.29 is 4.79 Å². The molecule has 1 heterocycles. The number of benzene rings is 1. The molecule has 116 valence electrons. The van der Waals surface area contributed by atoms with Crippen molar-refractivity contribution in [3.63, 3.8) is 0 Å². The Balaban J connectivity index is 1.67. The van der Waals surface area contributed by atoms with Crippen molar-refractivity contribution in [3.8, 4) is 0 Å². The largest absolute Gasteiger partial charge is 0.335 e. The molecule has 0 radical (unpaired) electrons. The third-order valence-corrected chi connectivity index (χ3v) is 4.46. The normalized spacial score (nSPS) is 15.7. The summed E-state index contributed by atoms with van der Waals surface area (Å²) < 4.78 is 0. The second kappa shape index (κ2) is 6.77. The molecule has 1 aromatic carbocycles. The number of nitrogens with one attached hydrogen (secondary N) is 1. The van der Waals surface area contributed by atoms with E-state index in [9.17, 15) is 4.79 Å². The first-order valence-corrected chi connectivity index (χ1v) is 8.07. The van der Waals surface area contributed by atoms with Gasteiger partial charge in [-0.2, -0.15) is 0 Å². The maximum Gasteiger partial charge on any atom is 0.317 e. The van der Waals surface area contributed by atoms with Gasteiger partial charge in [-0.05, 0) is 29.9 Å². The summed E-state index contributed by atoms with van der Waals surface area (Å²) in [7, 11) is 1.86. The predicted molar refractivity (Wildman–Crippen MR) is 88.6 cm³/mol. The lowest BCUT2D eigenvalue weighted by Crippen LogP contribution is -2.43. The van der Waals surface area contributed by atoms with Crippen LogP contribution in [0.3, 0.4) is 0 Å². The molecule has 4 nitrogen and oxygen atoms in total. The van der Waals surface area contributed by atoms with E-state index in [1.807, 2.05) is 31.4 Å². The Morgan fingerprint density at radius 3 is 2.91 bits per heavy atom. The molecule has 0 atom stereocenters. The molecule has 3 rings (SSSR count). The van der Waals surface area contributed by atoms with Crippen LogP contribution in [0.15, 0.2) is 36.7 Å². The molecule has 1 aromatic heterocycles. The zero-order chi connectivity index (χ0) is 15.4. The van der Waals surface area contributed by atoms with Crippen LogP contribution in [0.4, 0.5) is 4.79 Å². The highest BCUT2D eigenvalue weighted by Crippen LogP contribution is 2.20. The minimum absolute atomic E-state index is 0.0259. The lowest BCUT2D eigenvalue weighted by atomic mass is 9.96. The Hall–Kier alpha value is -2.10. The SMILES string of the molecule is CN(Cc1cccc2cnccc12)C(=O)NC1CCCCC1. The molecule has 22 heavy (non-hydrogen) atoms. The summed E-state index contributed by atoms with van der Waals surface area (Å²) in [6.45, 7) is 0.611. The first kappa shape index (κ1) is 14.8. The van der Waals surface area contributed by atoms with Gasteiger partial charge in [0.1, 0.15) is 0 Å². The minimum Gasteiger partial charge on any atom is -0.335 e. The summed E-state index contributed by atoms with van der Waals surface area (Å²) in [5.41, 5.74) is 1.15. The molecule has 2 aromatic rings. The molecule has 0 aliphatic heterocycles. The number of fused-ring (bicyclic) bond motifs is 1. The van der Waals surface area contributed by atoms with Crippen LogP contribution < -0.4 is 5.32 Å². The van der Waals surface area contributed by atoms with Crippen molar-refractivity contribution in [3.05, 3.63) is 42.2 Å². The van der Waals surface area contributed by atoms with E-state index < -0.39 is 0 Å². The Bertz CT molecular complexity index is 644. The van der Waals surface area contributed by atoms with Gasteiger partial charge in [0.25, 0.3) is 0 Å². The molecule has 1 N–H and O–H groups in total. The highest BCUT2D eigenvalue weighted by atomic mass is 16.2. The Kier molecular flexibility index (Phi) is 4.56. The topological polar surface area (TPSA) is 45.2 Å². The third-order valence-electron chi connectivity index (χ3n) is 4.46. The maximum absolute atomic E-state index is 12.4. The van der Waals surface area contributed by atoms with Crippen LogP contribution >= 0.6 is 0 Å². The molecular formula is C18H23N3O. The van der Waals surface area contributed by atoms with Crippen LogP contribution in [0.1, 0.15) is 37.7 Å². The number of urea groups is 1. The zero-order valence-electron chi connectivity index (χ0n) is 13.1. The average molecular weight is 297 g/mol. The van der Waals surface area contributed by atoms with Crippen LogP contribution in [0.25, 0.3) is 10.8 Å². The van der Waals surface area contributed by atoms with E-state index in [1.54, 1.807) is 11.1 Å². The first-order valence-electron chi connectivity index (χ1n) is 8.07. The van der Waals surface area contributed by atoms with Crippen molar-refractivity contribution in [2.75, 3.05) is 7.05 Å². The van der Waals surface area contributed by atoms with Gasteiger partial charge in [-0.3, -0.25) is 4.98 Å². The summed E-state index contributed by atoms with van der Waals surface area (Å²) in [5.74, 6) is 0. The number of amides is 2. The predicted octanol–water partition coefficient (Wildman–Crippen LogP) is 3.71. The van der Waals surface area contributed by atoms with E-state index in [0.717, 1.165) is 29.2 Å². The van der Waals surface area contributed by atoms with Gasteiger partial charge in [0, 0.05) is 37.4 Å². The average Bonchev–Trinajstić information content (AvgIpc) is 2.56. The number of carbonyl (C=O) groups excluding carboxylic acids is 1. The molecule has 0 spiro atoms. The van der Waals surface area contributed by atoms with Gasteiger partial charge in [0.05, 0.1) is 0 Å². The van der Waals surface area contributed by atoms with Crippen molar-refractivity contribution in [2.24, 2.45) is 0 Å². The van der Waals surface area contributed by atoms with E-state index in [-0.39, 0.29) is 6.03 Å². The van der Waals surface area contributed by atoms with Crippen molar-refractivity contribution in [1.82, 2.24) is 15.2 Å². The summed E-state index contributed by atoms with van der Waals surface area (Å²) in [4.78, 5) is 18.3. The molecule has 0 saturated heterocycles. The van der Waals surface area contributed by atoms with E-state index in [2.05, 4.69) is 16.4 Å². The van der Waals surface area contributed by atoms with Crippen molar-refractivity contribution in [2.45, 2.75) is 44.7 Å². The van der Waals surface area contributed by atoms with E-state index >= 15 is 0 Å². The Morgan fingerprint density at radius 2 is 2.09 bits per heavy atom. The lowest BCUT2D eigenvalue weighted by molar-refractivity contribution is 0.199. The lowest BCUT2D eigenvalue weighted by Gasteiger charge is -2.26. The molecule has 4 heteroatoms. The Morgan fingerprint density at radius 1 is 1.27 bits per heavy atom. The minimum atomic E-state index is 0.0259. The second-order valence-electron chi connectivity index (χ2n) is 6.15. The highest BCUT2D eigenvalue weighted by Gasteiger charge is 2.18. The molecule has 0 unspecified atom stereocenters. The molecular weight excluding hydrogens is 274 g/mol. The number of hydrogen-bond donors (Lipinski definition) is 1. The molecule has 1 saturated carbocycles. The van der Waals surface area contributed by atoms with E-state index in [0.29, 0.717) is 12.6 Å². The summed E-state index contributed by atoms with van der Waals surface area (Å²) in [6.07, 6.45) is 9.64. The van der Waals surface area contributed by atoms with Crippen molar-refractivity contribution >= 4 is 16.8 Å². The number of rotatable bonds is 3. The fourth-order valence-electron chi connectivity index (χ4n) is 3.19. The standard InChI is InChI=1S/C18H23N3O/c1-21(18(22)20-16-8-3-2-4-9-16)13-15-7-5-6-14-12-19-11-10-17(14)15/h5-7,10-12,16H,2-4,8-9,13H2,1H3,(H,20,22). The van der Waals surface area contributed by atoms with Crippen LogP contribution in [0, 0.1) is 0 Å². The monoisotopic (exact) mass is 297 g/mol. The Labute approximate surface area is 131 Å². The molecule has 1 fully saturated rings. The molecule has 1 aliphatic carbocycles. The second-order valence-corrected chi connectivity index (χ2v) is 6.15. The quantitative estimate of drug-likeness (QED) is 0.938. The molecule has 1 aliphatic rings. The van der Waals surface area contributed by atoms with Crippen molar-refractivity contribution in [1.29, 1.82) is 0 Å². The van der Waals surface area contributed by atoms with E-state index in [4.69, 9.17) is 0 Å². The third kappa shape index (κ3) is 3.38. The smallest absolute Gasteiger partial charge is 0.317 e. The number of pyridine rings is 1. The van der Waals surface area contributed by atoms with Crippen LogP contribution in [-0.4, -0.2) is 29.0 Å². The molecule has 0 bridgehead atoms. The van der Waals surface area contributed by atoms with Crippen LogP contribution in [0.2, 0.25) is 0 Å². The van der Waals surface area contributed by atoms with E-state index in [1.165, 1.54) is 19.3 Å². The fraction of sp³-hybridized carbons (Fsp3) is 0.444. The fourth-order valence-corrected chi connectivity index (χ4v) is 3.19. The van der Waals surface area contributed by atoms with Gasteiger partial charge < -0.3 is 10.2 Å². The van der Waals surface area contributed by atoms with Crippen LogP contribution in [0.5, 0.6) is 0 Å².